The van der Waals surface area contributed by atoms with E-state index in [0.29, 0.717) is 18.8 Å². The number of fused-ring (bicyclic) bond motifs is 1. The molecule has 150 valence electrons. The van der Waals surface area contributed by atoms with Crippen LogP contribution < -0.4 is 14.8 Å². The van der Waals surface area contributed by atoms with Gasteiger partial charge in [-0.15, -0.1) is 5.10 Å². The fourth-order valence-corrected chi connectivity index (χ4v) is 3.32. The molecule has 8 heteroatoms. The van der Waals surface area contributed by atoms with Crippen molar-refractivity contribution >= 4 is 5.91 Å². The second-order valence-electron chi connectivity index (χ2n) is 6.63. The first kappa shape index (κ1) is 18.9. The Kier molecular flexibility index (Phi) is 5.44. The highest BCUT2D eigenvalue weighted by molar-refractivity contribution is 5.93. The molecule has 1 N–H and O–H groups in total. The Morgan fingerprint density at radius 3 is 2.72 bits per heavy atom. The van der Waals surface area contributed by atoms with Gasteiger partial charge in [-0.25, -0.2) is 4.68 Å². The highest BCUT2D eigenvalue weighted by Crippen LogP contribution is 2.28. The molecule has 0 unspecified atom stereocenters. The normalized spacial score (nSPS) is 15.4. The lowest BCUT2D eigenvalue weighted by atomic mass is 10.1. The predicted molar refractivity (Wildman–Crippen MR) is 105 cm³/mol. The summed E-state index contributed by atoms with van der Waals surface area (Å²) in [5.74, 6) is 1.23. The molecule has 8 nitrogen and oxygen atoms in total. The largest absolute Gasteiger partial charge is 0.497 e. The van der Waals surface area contributed by atoms with Crippen LogP contribution >= 0.6 is 0 Å². The third-order valence-electron chi connectivity index (χ3n) is 4.93. The number of carbonyl (C=O) groups is 1. The van der Waals surface area contributed by atoms with Gasteiger partial charge in [0.15, 0.2) is 5.69 Å². The van der Waals surface area contributed by atoms with E-state index >= 15 is 0 Å². The molecule has 0 saturated carbocycles. The van der Waals surface area contributed by atoms with Crippen LogP contribution in [0.4, 0.5) is 0 Å². The molecular weight excluding hydrogens is 372 g/mol. The lowest BCUT2D eigenvalue weighted by molar-refractivity contribution is -0.00179. The number of nitrogens with zero attached hydrogens (tertiary/aromatic N) is 3. The fourth-order valence-electron chi connectivity index (χ4n) is 3.32. The molecule has 0 spiro atoms. The number of nitrogens with one attached hydrogen (secondary N) is 1. The Hall–Kier alpha value is -3.39. The van der Waals surface area contributed by atoms with Crippen molar-refractivity contribution in [2.24, 2.45) is 0 Å². The lowest BCUT2D eigenvalue weighted by Crippen LogP contribution is -2.27. The molecule has 0 fully saturated rings. The zero-order valence-corrected chi connectivity index (χ0v) is 16.3. The number of para-hydroxylation sites is 1. The number of aromatic nitrogens is 3. The van der Waals surface area contributed by atoms with Crippen molar-refractivity contribution in [3.8, 4) is 11.5 Å². The van der Waals surface area contributed by atoms with Crippen LogP contribution in [0.15, 0.2) is 48.5 Å². The van der Waals surface area contributed by atoms with Crippen molar-refractivity contribution in [1.82, 2.24) is 20.3 Å². The Balaban J connectivity index is 1.44. The summed E-state index contributed by atoms with van der Waals surface area (Å²) in [6.07, 6.45) is -0.153. The smallest absolute Gasteiger partial charge is 0.274 e. The molecule has 29 heavy (non-hydrogen) atoms. The number of benzene rings is 2. The van der Waals surface area contributed by atoms with E-state index in [1.54, 1.807) is 18.9 Å². The van der Waals surface area contributed by atoms with Crippen molar-refractivity contribution in [2.45, 2.75) is 25.8 Å². The van der Waals surface area contributed by atoms with E-state index in [9.17, 15) is 4.79 Å². The van der Waals surface area contributed by atoms with Crippen molar-refractivity contribution in [1.29, 1.82) is 0 Å². The minimum absolute atomic E-state index is 0.153. The summed E-state index contributed by atoms with van der Waals surface area (Å²) in [7, 11) is 3.24. The van der Waals surface area contributed by atoms with E-state index in [4.69, 9.17) is 14.2 Å². The quantitative estimate of drug-likeness (QED) is 0.691. The monoisotopic (exact) mass is 394 g/mol. The first-order valence-electron chi connectivity index (χ1n) is 9.27. The van der Waals surface area contributed by atoms with Crippen molar-refractivity contribution in [3.05, 3.63) is 71.0 Å². The van der Waals surface area contributed by atoms with Crippen molar-refractivity contribution < 1.29 is 19.0 Å². The van der Waals surface area contributed by atoms with Gasteiger partial charge in [0.25, 0.3) is 5.91 Å². The molecule has 1 aliphatic heterocycles. The van der Waals surface area contributed by atoms with Crippen LogP contribution in [0.25, 0.3) is 0 Å². The van der Waals surface area contributed by atoms with Gasteiger partial charge in [0.2, 0.25) is 0 Å². The van der Waals surface area contributed by atoms with Gasteiger partial charge in [0.1, 0.15) is 17.6 Å². The van der Waals surface area contributed by atoms with Gasteiger partial charge >= 0.3 is 0 Å². The Labute approximate surface area is 168 Å². The predicted octanol–water partition coefficient (Wildman–Crippen LogP) is 2.50. The number of methoxy groups -OCH3 is 2. The number of ether oxygens (including phenoxy) is 3. The summed E-state index contributed by atoms with van der Waals surface area (Å²) in [5, 5.41) is 11.1. The Bertz CT molecular complexity index is 1000. The van der Waals surface area contributed by atoms with Gasteiger partial charge in [-0.3, -0.25) is 4.79 Å². The number of rotatable bonds is 6. The van der Waals surface area contributed by atoms with E-state index in [1.807, 2.05) is 48.5 Å². The van der Waals surface area contributed by atoms with Gasteiger partial charge in [0, 0.05) is 12.1 Å². The molecule has 3 aromatic rings. The van der Waals surface area contributed by atoms with E-state index in [-0.39, 0.29) is 24.3 Å². The summed E-state index contributed by atoms with van der Waals surface area (Å²) < 4.78 is 18.2. The highest BCUT2D eigenvalue weighted by Gasteiger charge is 2.27. The van der Waals surface area contributed by atoms with E-state index in [1.165, 1.54) is 0 Å². The highest BCUT2D eigenvalue weighted by atomic mass is 16.5. The average Bonchev–Trinajstić information content (AvgIpc) is 3.21. The summed E-state index contributed by atoms with van der Waals surface area (Å²) in [6.45, 7) is 1.10. The number of amides is 1. The van der Waals surface area contributed by atoms with Crippen molar-refractivity contribution in [2.75, 3.05) is 14.2 Å². The maximum absolute atomic E-state index is 12.6. The SMILES string of the molecule is COc1ccc([C@H]2Cn3nnc(C(=O)NCc4ccccc4OC)c3CO2)cc1. The minimum Gasteiger partial charge on any atom is -0.497 e. The summed E-state index contributed by atoms with van der Waals surface area (Å²) in [4.78, 5) is 12.6. The molecule has 0 radical (unpaired) electrons. The Morgan fingerprint density at radius 2 is 1.97 bits per heavy atom. The molecule has 2 heterocycles. The van der Waals surface area contributed by atoms with E-state index in [0.717, 1.165) is 22.6 Å². The van der Waals surface area contributed by atoms with Crippen LogP contribution in [0, 0.1) is 0 Å². The van der Waals surface area contributed by atoms with E-state index in [2.05, 4.69) is 15.6 Å². The minimum atomic E-state index is -0.288. The molecule has 0 bridgehead atoms. The Morgan fingerprint density at radius 1 is 1.17 bits per heavy atom. The van der Waals surface area contributed by atoms with Crippen LogP contribution in [0.1, 0.15) is 33.4 Å². The number of carbonyl (C=O) groups excluding carboxylic acids is 1. The lowest BCUT2D eigenvalue weighted by Gasteiger charge is -2.24. The van der Waals surface area contributed by atoms with E-state index < -0.39 is 0 Å². The average molecular weight is 394 g/mol. The van der Waals surface area contributed by atoms with Gasteiger partial charge in [-0.2, -0.15) is 0 Å². The van der Waals surface area contributed by atoms with Gasteiger partial charge in [-0.05, 0) is 23.8 Å². The number of hydrogen-bond donors (Lipinski definition) is 1. The van der Waals surface area contributed by atoms with Crippen LogP contribution in [-0.4, -0.2) is 35.1 Å². The van der Waals surface area contributed by atoms with Gasteiger partial charge in [-0.1, -0.05) is 35.5 Å². The molecular formula is C21H22N4O4. The number of hydrogen-bond acceptors (Lipinski definition) is 6. The van der Waals surface area contributed by atoms with Crippen LogP contribution in [0.5, 0.6) is 11.5 Å². The zero-order chi connectivity index (χ0) is 20.2. The van der Waals surface area contributed by atoms with Gasteiger partial charge in [0.05, 0.1) is 33.1 Å². The van der Waals surface area contributed by atoms with Crippen LogP contribution in [-0.2, 0) is 24.4 Å². The summed E-state index contributed by atoms with van der Waals surface area (Å²) >= 11 is 0. The zero-order valence-electron chi connectivity index (χ0n) is 16.3. The second kappa shape index (κ2) is 8.32. The third kappa shape index (κ3) is 3.93. The fraction of sp³-hybridized carbons (Fsp3) is 0.286. The third-order valence-corrected chi connectivity index (χ3v) is 4.93. The standard InChI is InChI=1S/C21H22N4O4/c1-27-16-9-7-14(8-10-16)19-12-25-17(13-29-19)20(23-24-25)21(26)22-11-15-5-3-4-6-18(15)28-2/h3-10,19H,11-13H2,1-2H3,(H,22,26)/t19-/m1/s1. The van der Waals surface area contributed by atoms with Gasteiger partial charge < -0.3 is 19.5 Å². The molecule has 1 aliphatic rings. The molecule has 2 aromatic carbocycles. The maximum atomic E-state index is 12.6. The topological polar surface area (TPSA) is 87.5 Å². The summed E-state index contributed by atoms with van der Waals surface area (Å²) in [5.41, 5.74) is 2.87. The summed E-state index contributed by atoms with van der Waals surface area (Å²) in [6, 6.07) is 15.3. The molecule has 1 aromatic heterocycles. The van der Waals surface area contributed by atoms with Crippen LogP contribution in [0.2, 0.25) is 0 Å². The first-order chi connectivity index (χ1) is 14.2. The van der Waals surface area contributed by atoms with Crippen LogP contribution in [0.3, 0.4) is 0 Å². The second-order valence-corrected chi connectivity index (χ2v) is 6.63. The first-order valence-corrected chi connectivity index (χ1v) is 9.27. The molecule has 0 aliphatic carbocycles. The molecule has 0 saturated heterocycles. The molecule has 1 atom stereocenters. The molecule has 1 amide bonds. The molecule has 4 rings (SSSR count). The maximum Gasteiger partial charge on any atom is 0.274 e. The van der Waals surface area contributed by atoms with Crippen molar-refractivity contribution in [3.63, 3.8) is 0 Å².